The van der Waals surface area contributed by atoms with Crippen LogP contribution in [0.5, 0.6) is 0 Å². The Labute approximate surface area is 129 Å². The van der Waals surface area contributed by atoms with E-state index >= 15 is 0 Å². The molecule has 0 spiro atoms. The van der Waals surface area contributed by atoms with E-state index in [0.29, 0.717) is 23.2 Å². The van der Waals surface area contributed by atoms with Gasteiger partial charge in [0.2, 0.25) is 0 Å². The van der Waals surface area contributed by atoms with Crippen LogP contribution in [0.2, 0.25) is 0 Å². The zero-order valence-corrected chi connectivity index (χ0v) is 13.5. The molecule has 7 heteroatoms. The third-order valence-corrected chi connectivity index (χ3v) is 3.06. The topological polar surface area (TPSA) is 97.5 Å². The minimum Gasteiger partial charge on any atom is -0.465 e. The Bertz CT molecular complexity index is 575. The van der Waals surface area contributed by atoms with E-state index in [2.05, 4.69) is 10.3 Å². The smallest absolute Gasteiger partial charge is 0.355 e. The zero-order valence-electron chi connectivity index (χ0n) is 13.5. The van der Waals surface area contributed by atoms with Crippen LogP contribution in [0, 0.1) is 6.92 Å². The molecule has 0 aliphatic rings. The molecule has 0 unspecified atom stereocenters. The number of carbonyl (C=O) groups is 3. The van der Waals surface area contributed by atoms with Crippen molar-refractivity contribution in [3.05, 3.63) is 22.5 Å². The van der Waals surface area contributed by atoms with Crippen molar-refractivity contribution < 1.29 is 23.9 Å². The summed E-state index contributed by atoms with van der Waals surface area (Å²) in [5.74, 6) is -1.57. The number of hydrogen-bond donors (Lipinski definition) is 2. The van der Waals surface area contributed by atoms with Gasteiger partial charge in [-0.25, -0.2) is 9.59 Å². The molecule has 0 radical (unpaired) electrons. The van der Waals surface area contributed by atoms with Crippen molar-refractivity contribution in [2.45, 2.75) is 40.2 Å². The van der Waals surface area contributed by atoms with Crippen LogP contribution in [0.15, 0.2) is 0 Å². The summed E-state index contributed by atoms with van der Waals surface area (Å²) in [4.78, 5) is 38.2. The van der Waals surface area contributed by atoms with E-state index < -0.39 is 11.9 Å². The van der Waals surface area contributed by atoms with Crippen molar-refractivity contribution in [3.8, 4) is 0 Å². The first-order valence-corrected chi connectivity index (χ1v) is 7.08. The fourth-order valence-corrected chi connectivity index (χ4v) is 2.07. The molecule has 7 nitrogen and oxygen atoms in total. The van der Waals surface area contributed by atoms with Crippen LogP contribution in [0.3, 0.4) is 0 Å². The zero-order chi connectivity index (χ0) is 16.9. The quantitative estimate of drug-likeness (QED) is 0.773. The average molecular weight is 310 g/mol. The van der Waals surface area contributed by atoms with Crippen molar-refractivity contribution in [2.75, 3.05) is 13.7 Å². The molecule has 0 aliphatic carbocycles. The van der Waals surface area contributed by atoms with Crippen LogP contribution in [0.1, 0.15) is 52.9 Å². The largest absolute Gasteiger partial charge is 0.465 e. The maximum absolute atomic E-state index is 12.1. The van der Waals surface area contributed by atoms with E-state index in [-0.39, 0.29) is 24.2 Å². The van der Waals surface area contributed by atoms with Crippen molar-refractivity contribution in [3.63, 3.8) is 0 Å². The van der Waals surface area contributed by atoms with Gasteiger partial charge in [0.1, 0.15) is 5.69 Å². The molecular weight excluding hydrogens is 288 g/mol. The summed E-state index contributed by atoms with van der Waals surface area (Å²) in [6.45, 7) is 6.73. The minimum absolute atomic E-state index is 0.0314. The normalized spacial score (nSPS) is 10.5. The molecule has 2 N–H and O–H groups in total. The fourth-order valence-electron chi connectivity index (χ4n) is 2.07. The van der Waals surface area contributed by atoms with Crippen molar-refractivity contribution in [1.82, 2.24) is 10.3 Å². The van der Waals surface area contributed by atoms with Gasteiger partial charge in [-0.1, -0.05) is 6.92 Å². The monoisotopic (exact) mass is 310 g/mol. The highest BCUT2D eigenvalue weighted by atomic mass is 16.5. The van der Waals surface area contributed by atoms with E-state index in [1.807, 2.05) is 20.8 Å². The molecule has 0 bridgehead atoms. The van der Waals surface area contributed by atoms with Crippen LogP contribution < -0.4 is 5.32 Å². The van der Waals surface area contributed by atoms with Crippen LogP contribution >= 0.6 is 0 Å². The number of ether oxygens (including phenoxy) is 2. The Morgan fingerprint density at radius 1 is 1.23 bits per heavy atom. The lowest BCUT2D eigenvalue weighted by Gasteiger charge is -2.08. The summed E-state index contributed by atoms with van der Waals surface area (Å²) in [6, 6.07) is -0.0314. The second kappa shape index (κ2) is 7.63. The predicted octanol–water partition coefficient (Wildman–Crippen LogP) is 1.35. The number of hydrogen-bond acceptors (Lipinski definition) is 5. The molecule has 22 heavy (non-hydrogen) atoms. The molecule has 0 aromatic carbocycles. The van der Waals surface area contributed by atoms with Gasteiger partial charge in [-0.05, 0) is 32.8 Å². The van der Waals surface area contributed by atoms with Gasteiger partial charge >= 0.3 is 11.9 Å². The maximum atomic E-state index is 12.1. The van der Waals surface area contributed by atoms with Gasteiger partial charge in [0.25, 0.3) is 5.91 Å². The molecule has 1 amide bonds. The lowest BCUT2D eigenvalue weighted by Crippen LogP contribution is -2.34. The number of aromatic nitrogens is 1. The summed E-state index contributed by atoms with van der Waals surface area (Å²) in [5, 5.41) is 2.62. The highest BCUT2D eigenvalue weighted by molar-refractivity contribution is 5.99. The van der Waals surface area contributed by atoms with Crippen LogP contribution in [-0.4, -0.2) is 42.6 Å². The highest BCUT2D eigenvalue weighted by Crippen LogP contribution is 2.20. The highest BCUT2D eigenvalue weighted by Gasteiger charge is 2.24. The molecule has 1 aromatic rings. The first-order valence-electron chi connectivity index (χ1n) is 7.08. The van der Waals surface area contributed by atoms with Crippen molar-refractivity contribution in [1.29, 1.82) is 0 Å². The summed E-state index contributed by atoms with van der Waals surface area (Å²) >= 11 is 0. The first-order chi connectivity index (χ1) is 10.3. The SMILES string of the molecule is CCc1[nH]c(C(=O)OCC(=O)NC(C)C)c(C)c1C(=O)OC. The van der Waals surface area contributed by atoms with E-state index in [9.17, 15) is 14.4 Å². The van der Waals surface area contributed by atoms with Crippen LogP contribution in [0.4, 0.5) is 0 Å². The van der Waals surface area contributed by atoms with Crippen molar-refractivity contribution >= 4 is 17.8 Å². The Morgan fingerprint density at radius 3 is 2.36 bits per heavy atom. The second-order valence-electron chi connectivity index (χ2n) is 5.12. The molecule has 122 valence electrons. The summed E-state index contributed by atoms with van der Waals surface area (Å²) < 4.78 is 9.68. The van der Waals surface area contributed by atoms with Gasteiger partial charge in [-0.2, -0.15) is 0 Å². The molecular formula is C15H22N2O5. The number of methoxy groups -OCH3 is 1. The molecule has 0 atom stereocenters. The molecule has 0 saturated heterocycles. The third kappa shape index (κ3) is 4.09. The maximum Gasteiger partial charge on any atom is 0.355 e. The molecule has 0 saturated carbocycles. The molecule has 1 aromatic heterocycles. The van der Waals surface area contributed by atoms with Gasteiger partial charge in [-0.15, -0.1) is 0 Å². The Kier molecular flexibility index (Phi) is 6.15. The Morgan fingerprint density at radius 2 is 1.86 bits per heavy atom. The van der Waals surface area contributed by atoms with E-state index in [4.69, 9.17) is 9.47 Å². The molecule has 0 aliphatic heterocycles. The van der Waals surface area contributed by atoms with Crippen molar-refractivity contribution in [2.24, 2.45) is 0 Å². The summed E-state index contributed by atoms with van der Waals surface area (Å²) in [5.41, 5.74) is 1.55. The predicted molar refractivity (Wildman–Crippen MR) is 79.8 cm³/mol. The third-order valence-electron chi connectivity index (χ3n) is 3.06. The van der Waals surface area contributed by atoms with Gasteiger partial charge in [-0.3, -0.25) is 4.79 Å². The van der Waals surface area contributed by atoms with Crippen LogP contribution in [-0.2, 0) is 20.7 Å². The number of nitrogens with one attached hydrogen (secondary N) is 2. The number of carbonyl (C=O) groups excluding carboxylic acids is 3. The summed E-state index contributed by atoms with van der Waals surface area (Å²) in [6.07, 6.45) is 0.534. The Hall–Kier alpha value is -2.31. The first kappa shape index (κ1) is 17.7. The van der Waals surface area contributed by atoms with Gasteiger partial charge in [0.15, 0.2) is 6.61 Å². The second-order valence-corrected chi connectivity index (χ2v) is 5.12. The summed E-state index contributed by atoms with van der Waals surface area (Å²) in [7, 11) is 1.28. The standard InChI is InChI=1S/C15H22N2O5/c1-6-10-12(14(19)21-5)9(4)13(17-10)15(20)22-7-11(18)16-8(2)3/h8,17H,6-7H2,1-5H3,(H,16,18). The lowest BCUT2D eigenvalue weighted by molar-refractivity contribution is -0.124. The van der Waals surface area contributed by atoms with E-state index in [1.165, 1.54) is 7.11 Å². The average Bonchev–Trinajstić information content (AvgIpc) is 2.80. The van der Waals surface area contributed by atoms with Gasteiger partial charge < -0.3 is 19.8 Å². The Balaban J connectivity index is 2.88. The fraction of sp³-hybridized carbons (Fsp3) is 0.533. The molecule has 1 heterocycles. The lowest BCUT2D eigenvalue weighted by atomic mass is 10.1. The van der Waals surface area contributed by atoms with Gasteiger partial charge in [0.05, 0.1) is 12.7 Å². The molecule has 0 fully saturated rings. The van der Waals surface area contributed by atoms with Gasteiger partial charge in [0, 0.05) is 11.7 Å². The number of aryl methyl sites for hydroxylation is 1. The number of rotatable bonds is 6. The number of H-pyrrole nitrogens is 1. The minimum atomic E-state index is -0.679. The van der Waals surface area contributed by atoms with E-state index in [1.54, 1.807) is 6.92 Å². The number of aromatic amines is 1. The number of esters is 2. The number of amides is 1. The molecule has 1 rings (SSSR count). The van der Waals surface area contributed by atoms with Crippen LogP contribution in [0.25, 0.3) is 0 Å². The van der Waals surface area contributed by atoms with E-state index in [0.717, 1.165) is 0 Å².